The molecule has 4 saturated carbocycles. The number of hydrogen-bond acceptors (Lipinski definition) is 4. The summed E-state index contributed by atoms with van der Waals surface area (Å²) in [6, 6.07) is 6.12. The van der Waals surface area contributed by atoms with Crippen molar-refractivity contribution in [2.75, 3.05) is 13.1 Å². The molecule has 1 amide bonds. The van der Waals surface area contributed by atoms with Crippen molar-refractivity contribution in [3.8, 4) is 11.4 Å². The van der Waals surface area contributed by atoms with Gasteiger partial charge in [-0.3, -0.25) is 4.79 Å². The van der Waals surface area contributed by atoms with Crippen molar-refractivity contribution in [2.45, 2.75) is 57.3 Å². The molecule has 1 aliphatic heterocycles. The smallest absolute Gasteiger partial charge is 0.231 e. The van der Waals surface area contributed by atoms with Crippen LogP contribution < -0.4 is 0 Å². The summed E-state index contributed by atoms with van der Waals surface area (Å²) in [4.78, 5) is 20.4. The van der Waals surface area contributed by atoms with Gasteiger partial charge < -0.3 is 9.42 Å². The zero-order valence-corrected chi connectivity index (χ0v) is 17.2. The maximum atomic E-state index is 13.7. The molecule has 1 aromatic carbocycles. The molecule has 0 N–H and O–H groups in total. The molecule has 1 aromatic heterocycles. The number of carbonyl (C=O) groups excluding carboxylic acids is 1. The van der Waals surface area contributed by atoms with Gasteiger partial charge in [-0.2, -0.15) is 4.98 Å². The number of piperidine rings is 1. The fourth-order valence-electron chi connectivity index (χ4n) is 7.19. The number of likely N-dealkylation sites (tertiary alicyclic amines) is 1. The molecule has 2 heterocycles. The van der Waals surface area contributed by atoms with Crippen LogP contribution in [0.1, 0.15) is 63.2 Å². The van der Waals surface area contributed by atoms with E-state index in [1.165, 1.54) is 31.4 Å². The van der Waals surface area contributed by atoms with E-state index in [9.17, 15) is 9.18 Å². The minimum Gasteiger partial charge on any atom is -0.341 e. The first-order valence-corrected chi connectivity index (χ1v) is 11.5. The van der Waals surface area contributed by atoms with Crippen molar-refractivity contribution in [1.29, 1.82) is 0 Å². The lowest BCUT2D eigenvalue weighted by atomic mass is 9.49. The largest absolute Gasteiger partial charge is 0.341 e. The minimum atomic E-state index is -0.284. The molecule has 1 saturated heterocycles. The maximum Gasteiger partial charge on any atom is 0.231 e. The lowest BCUT2D eigenvalue weighted by Crippen LogP contribution is -2.55. The number of nitrogens with zero attached hydrogens (tertiary/aromatic N) is 3. The lowest BCUT2D eigenvalue weighted by Gasteiger charge is -2.57. The van der Waals surface area contributed by atoms with Crippen LogP contribution in [0.25, 0.3) is 11.4 Å². The summed E-state index contributed by atoms with van der Waals surface area (Å²) in [7, 11) is 0. The summed E-state index contributed by atoms with van der Waals surface area (Å²) < 4.78 is 18.8. The summed E-state index contributed by atoms with van der Waals surface area (Å²) in [5.41, 5.74) is 0.647. The lowest BCUT2D eigenvalue weighted by molar-refractivity contribution is -0.159. The first-order chi connectivity index (χ1) is 14.6. The molecule has 7 rings (SSSR count). The zero-order chi connectivity index (χ0) is 20.3. The Labute approximate surface area is 176 Å². The van der Waals surface area contributed by atoms with Gasteiger partial charge in [-0.05, 0) is 93.4 Å². The fourth-order valence-corrected chi connectivity index (χ4v) is 7.19. The van der Waals surface area contributed by atoms with Crippen LogP contribution >= 0.6 is 0 Å². The van der Waals surface area contributed by atoms with Crippen molar-refractivity contribution >= 4 is 5.91 Å². The van der Waals surface area contributed by atoms with Gasteiger partial charge in [0.05, 0.1) is 11.3 Å². The Morgan fingerprint density at radius 1 is 1.07 bits per heavy atom. The molecule has 4 aliphatic carbocycles. The van der Waals surface area contributed by atoms with E-state index in [2.05, 4.69) is 15.0 Å². The van der Waals surface area contributed by atoms with E-state index in [0.717, 1.165) is 62.0 Å². The molecule has 4 bridgehead atoms. The molecule has 5 aliphatic rings. The SMILES string of the molecule is O=C(N1CCC[C@H](c2nc(-c3ccc(F)cc3)no2)C1)C12CC3CC(CC(C3)C1)C2. The van der Waals surface area contributed by atoms with Crippen LogP contribution in [0, 0.1) is 29.0 Å². The van der Waals surface area contributed by atoms with Gasteiger partial charge in [-0.15, -0.1) is 0 Å². The van der Waals surface area contributed by atoms with Crippen LogP contribution in [-0.2, 0) is 4.79 Å². The minimum absolute atomic E-state index is 0.0818. The van der Waals surface area contributed by atoms with Gasteiger partial charge in [0.2, 0.25) is 17.6 Å². The van der Waals surface area contributed by atoms with E-state index >= 15 is 0 Å². The van der Waals surface area contributed by atoms with Crippen LogP contribution in [0.4, 0.5) is 4.39 Å². The molecule has 30 heavy (non-hydrogen) atoms. The Morgan fingerprint density at radius 3 is 2.40 bits per heavy atom. The third-order valence-corrected chi connectivity index (χ3v) is 8.09. The highest BCUT2D eigenvalue weighted by molar-refractivity contribution is 5.83. The molecule has 5 nitrogen and oxygen atoms in total. The van der Waals surface area contributed by atoms with E-state index < -0.39 is 0 Å². The average molecular weight is 410 g/mol. The second-order valence-corrected chi connectivity index (χ2v) is 10.3. The zero-order valence-electron chi connectivity index (χ0n) is 17.2. The summed E-state index contributed by atoms with van der Waals surface area (Å²) in [5.74, 6) is 3.59. The predicted octanol–water partition coefficient (Wildman–Crippen LogP) is 4.80. The highest BCUT2D eigenvalue weighted by atomic mass is 19.1. The Balaban J connectivity index is 1.19. The predicted molar refractivity (Wildman–Crippen MR) is 109 cm³/mol. The van der Waals surface area contributed by atoms with Gasteiger partial charge in [0, 0.05) is 18.7 Å². The van der Waals surface area contributed by atoms with Gasteiger partial charge in [0.15, 0.2) is 0 Å². The molecular weight excluding hydrogens is 381 g/mol. The first kappa shape index (κ1) is 18.5. The fraction of sp³-hybridized carbons (Fsp3) is 0.625. The molecule has 0 spiro atoms. The molecular formula is C24H28FN3O2. The van der Waals surface area contributed by atoms with Gasteiger partial charge in [-0.25, -0.2) is 4.39 Å². The molecule has 0 unspecified atom stereocenters. The van der Waals surface area contributed by atoms with Gasteiger partial charge in [-0.1, -0.05) is 5.16 Å². The molecule has 6 heteroatoms. The van der Waals surface area contributed by atoms with Crippen molar-refractivity contribution in [1.82, 2.24) is 15.0 Å². The van der Waals surface area contributed by atoms with Gasteiger partial charge in [0.25, 0.3) is 0 Å². The number of amides is 1. The number of rotatable bonds is 3. The van der Waals surface area contributed by atoms with Gasteiger partial charge >= 0.3 is 0 Å². The van der Waals surface area contributed by atoms with Crippen LogP contribution in [0.5, 0.6) is 0 Å². The molecule has 5 fully saturated rings. The summed E-state index contributed by atoms with van der Waals surface area (Å²) in [6.07, 6.45) is 9.29. The number of benzene rings is 1. The van der Waals surface area contributed by atoms with E-state index in [1.54, 1.807) is 12.1 Å². The molecule has 0 radical (unpaired) electrons. The Bertz CT molecular complexity index is 918. The van der Waals surface area contributed by atoms with Crippen molar-refractivity contribution in [3.63, 3.8) is 0 Å². The summed E-state index contributed by atoms with van der Waals surface area (Å²) in [5, 5.41) is 4.10. The quantitative estimate of drug-likeness (QED) is 0.731. The Hall–Kier alpha value is -2.24. The van der Waals surface area contributed by atoms with Crippen molar-refractivity contribution in [2.24, 2.45) is 23.2 Å². The average Bonchev–Trinajstić information content (AvgIpc) is 3.23. The van der Waals surface area contributed by atoms with E-state index in [4.69, 9.17) is 4.52 Å². The van der Waals surface area contributed by atoms with Crippen molar-refractivity contribution < 1.29 is 13.7 Å². The number of halogens is 1. The monoisotopic (exact) mass is 409 g/mol. The van der Waals surface area contributed by atoms with E-state index in [1.807, 2.05) is 0 Å². The topological polar surface area (TPSA) is 59.2 Å². The van der Waals surface area contributed by atoms with Crippen LogP contribution in [0.15, 0.2) is 28.8 Å². The van der Waals surface area contributed by atoms with Crippen LogP contribution in [0.2, 0.25) is 0 Å². The molecule has 1 atom stereocenters. The van der Waals surface area contributed by atoms with E-state index in [0.29, 0.717) is 24.2 Å². The normalized spacial score (nSPS) is 35.0. The third kappa shape index (κ3) is 3.07. The summed E-state index contributed by atoms with van der Waals surface area (Å²) >= 11 is 0. The Morgan fingerprint density at radius 2 is 1.73 bits per heavy atom. The molecule has 2 aromatic rings. The number of carbonyl (C=O) groups is 1. The summed E-state index contributed by atoms with van der Waals surface area (Å²) in [6.45, 7) is 1.52. The third-order valence-electron chi connectivity index (χ3n) is 8.09. The highest BCUT2D eigenvalue weighted by Crippen LogP contribution is 2.60. The standard InChI is InChI=1S/C24H28FN3O2/c25-20-5-3-18(4-6-20)21-26-22(30-27-21)19-2-1-7-28(14-19)23(29)24-11-15-8-16(12-24)10-17(9-15)13-24/h3-6,15-17,19H,1-2,7-14H2/t15?,16?,17?,19-,24?/m0/s1. The number of aromatic nitrogens is 2. The van der Waals surface area contributed by atoms with Crippen LogP contribution in [-0.4, -0.2) is 34.0 Å². The van der Waals surface area contributed by atoms with Gasteiger partial charge in [0.1, 0.15) is 5.82 Å². The second kappa shape index (κ2) is 6.89. The second-order valence-electron chi connectivity index (χ2n) is 10.3. The first-order valence-electron chi connectivity index (χ1n) is 11.5. The highest BCUT2D eigenvalue weighted by Gasteiger charge is 2.55. The van der Waals surface area contributed by atoms with E-state index in [-0.39, 0.29) is 17.2 Å². The van der Waals surface area contributed by atoms with Crippen LogP contribution in [0.3, 0.4) is 0 Å². The van der Waals surface area contributed by atoms with Crippen molar-refractivity contribution in [3.05, 3.63) is 36.0 Å². The molecule has 158 valence electrons. The Kier molecular flexibility index (Phi) is 4.26. The maximum absolute atomic E-state index is 13.7. The number of hydrogen-bond donors (Lipinski definition) is 0.